The van der Waals surface area contributed by atoms with Gasteiger partial charge in [0.25, 0.3) is 0 Å². The van der Waals surface area contributed by atoms with Gasteiger partial charge >= 0.3 is 0 Å². The quantitative estimate of drug-likeness (QED) is 0.704. The monoisotopic (exact) mass is 258 g/mol. The molecule has 19 heavy (non-hydrogen) atoms. The predicted octanol–water partition coefficient (Wildman–Crippen LogP) is 1.49. The van der Waals surface area contributed by atoms with Crippen molar-refractivity contribution in [1.82, 2.24) is 24.7 Å². The van der Waals surface area contributed by atoms with Gasteiger partial charge in [0, 0.05) is 6.42 Å². The van der Waals surface area contributed by atoms with E-state index in [-0.39, 0.29) is 0 Å². The van der Waals surface area contributed by atoms with Gasteiger partial charge in [0.2, 0.25) is 5.95 Å². The lowest BCUT2D eigenvalue weighted by molar-refractivity contribution is 0.582. The number of fused-ring (bicyclic) bond motifs is 1. The van der Waals surface area contributed by atoms with Gasteiger partial charge in [-0.3, -0.25) is 0 Å². The third-order valence-corrected chi connectivity index (χ3v) is 2.78. The lowest BCUT2D eigenvalue weighted by Gasteiger charge is -2.04. The summed E-state index contributed by atoms with van der Waals surface area (Å²) in [4.78, 5) is 12.2. The van der Waals surface area contributed by atoms with Gasteiger partial charge in [-0.05, 0) is 12.1 Å². The van der Waals surface area contributed by atoms with Crippen molar-refractivity contribution in [3.63, 3.8) is 0 Å². The summed E-state index contributed by atoms with van der Waals surface area (Å²) in [5.41, 5.74) is 7.09. The second kappa shape index (κ2) is 4.27. The summed E-state index contributed by atoms with van der Waals surface area (Å²) in [6.07, 6.45) is 3.66. The summed E-state index contributed by atoms with van der Waals surface area (Å²) in [5, 5.41) is 4.87. The van der Waals surface area contributed by atoms with E-state index in [2.05, 4.69) is 20.1 Å². The topological polar surface area (TPSA) is 82.5 Å². The second-order valence-corrected chi connectivity index (χ2v) is 4.01. The van der Waals surface area contributed by atoms with Crippen LogP contribution < -0.4 is 5.73 Å². The average molecular weight is 258 g/mol. The SMILES string of the molecule is CCc1nc(N)c2cnn(-c3ccc(F)nc3)c2n1. The number of nitrogen functional groups attached to an aromatic ring is 1. The first-order valence-electron chi connectivity index (χ1n) is 5.81. The molecule has 0 aliphatic heterocycles. The minimum atomic E-state index is -0.538. The number of hydrogen-bond acceptors (Lipinski definition) is 5. The number of hydrogen-bond donors (Lipinski definition) is 1. The maximum Gasteiger partial charge on any atom is 0.212 e. The van der Waals surface area contributed by atoms with Gasteiger partial charge in [-0.25, -0.2) is 19.6 Å². The van der Waals surface area contributed by atoms with E-state index in [9.17, 15) is 4.39 Å². The van der Waals surface area contributed by atoms with Crippen LogP contribution in [0.4, 0.5) is 10.2 Å². The van der Waals surface area contributed by atoms with Gasteiger partial charge in [-0.15, -0.1) is 0 Å². The number of anilines is 1. The summed E-state index contributed by atoms with van der Waals surface area (Å²) in [5.74, 6) is 0.494. The number of pyridine rings is 1. The summed E-state index contributed by atoms with van der Waals surface area (Å²) in [6.45, 7) is 1.95. The minimum Gasteiger partial charge on any atom is -0.383 e. The van der Waals surface area contributed by atoms with E-state index in [1.165, 1.54) is 12.3 Å². The number of aromatic nitrogens is 5. The molecule has 3 aromatic rings. The molecule has 0 amide bonds. The lowest BCUT2D eigenvalue weighted by atomic mass is 10.3. The summed E-state index contributed by atoms with van der Waals surface area (Å²) in [7, 11) is 0. The molecule has 2 N–H and O–H groups in total. The Morgan fingerprint density at radius 3 is 2.79 bits per heavy atom. The molecule has 0 aliphatic rings. The predicted molar refractivity (Wildman–Crippen MR) is 68.2 cm³/mol. The Labute approximate surface area is 108 Å². The molecule has 0 bridgehead atoms. The van der Waals surface area contributed by atoms with Crippen LogP contribution in [0.15, 0.2) is 24.5 Å². The highest BCUT2D eigenvalue weighted by atomic mass is 19.1. The molecule has 6 nitrogen and oxygen atoms in total. The molecule has 0 saturated heterocycles. The Balaban J connectivity index is 2.24. The molecule has 96 valence electrons. The number of nitrogens with two attached hydrogens (primary N) is 1. The van der Waals surface area contributed by atoms with Crippen molar-refractivity contribution < 1.29 is 4.39 Å². The van der Waals surface area contributed by atoms with Gasteiger partial charge in [-0.1, -0.05) is 6.92 Å². The van der Waals surface area contributed by atoms with Crippen LogP contribution in [-0.4, -0.2) is 24.7 Å². The standard InChI is InChI=1S/C12H11FN6/c1-2-10-17-11(14)8-6-16-19(12(8)18-10)7-3-4-9(13)15-5-7/h3-6H,2H2,1H3,(H2,14,17,18). The van der Waals surface area contributed by atoms with E-state index >= 15 is 0 Å². The maximum atomic E-state index is 12.8. The zero-order chi connectivity index (χ0) is 13.4. The fourth-order valence-corrected chi connectivity index (χ4v) is 1.82. The number of rotatable bonds is 2. The second-order valence-electron chi connectivity index (χ2n) is 4.01. The highest BCUT2D eigenvalue weighted by Gasteiger charge is 2.11. The van der Waals surface area contributed by atoms with Crippen molar-refractivity contribution in [3.8, 4) is 5.69 Å². The Morgan fingerprint density at radius 2 is 2.11 bits per heavy atom. The van der Waals surface area contributed by atoms with E-state index in [1.54, 1.807) is 16.9 Å². The van der Waals surface area contributed by atoms with Gasteiger partial charge in [-0.2, -0.15) is 9.49 Å². The minimum absolute atomic E-state index is 0.392. The van der Waals surface area contributed by atoms with Crippen molar-refractivity contribution in [2.24, 2.45) is 0 Å². The van der Waals surface area contributed by atoms with Gasteiger partial charge in [0.1, 0.15) is 11.6 Å². The molecule has 0 spiro atoms. The van der Waals surface area contributed by atoms with Crippen LogP contribution in [-0.2, 0) is 6.42 Å². The Kier molecular flexibility index (Phi) is 2.59. The Bertz CT molecular complexity index is 734. The van der Waals surface area contributed by atoms with Crippen LogP contribution >= 0.6 is 0 Å². The molecule has 0 saturated carbocycles. The third kappa shape index (κ3) is 1.88. The van der Waals surface area contributed by atoms with Crippen LogP contribution in [0.5, 0.6) is 0 Å². The number of nitrogens with zero attached hydrogens (tertiary/aromatic N) is 5. The smallest absolute Gasteiger partial charge is 0.212 e. The van der Waals surface area contributed by atoms with Crippen molar-refractivity contribution in [2.45, 2.75) is 13.3 Å². The number of aryl methyl sites for hydroxylation is 1. The van der Waals surface area contributed by atoms with Gasteiger partial charge in [0.05, 0.1) is 23.5 Å². The molecule has 0 aromatic carbocycles. The molecule has 3 rings (SSSR count). The lowest BCUT2D eigenvalue weighted by Crippen LogP contribution is -2.03. The van der Waals surface area contributed by atoms with Crippen LogP contribution in [0.3, 0.4) is 0 Å². The Morgan fingerprint density at radius 1 is 1.26 bits per heavy atom. The normalized spacial score (nSPS) is 11.1. The molecule has 7 heteroatoms. The summed E-state index contributed by atoms with van der Waals surface area (Å²) in [6, 6.07) is 2.85. The first kappa shape index (κ1) is 11.5. The molecule has 3 heterocycles. The molecule has 0 aliphatic carbocycles. The molecule has 0 fully saturated rings. The molecule has 0 atom stereocenters. The zero-order valence-electron chi connectivity index (χ0n) is 10.2. The van der Waals surface area contributed by atoms with Crippen LogP contribution in [0.1, 0.15) is 12.7 Å². The summed E-state index contributed by atoms with van der Waals surface area (Å²) < 4.78 is 14.4. The van der Waals surface area contributed by atoms with E-state index in [0.717, 1.165) is 0 Å². The van der Waals surface area contributed by atoms with Crippen LogP contribution in [0.25, 0.3) is 16.7 Å². The molecular weight excluding hydrogens is 247 g/mol. The zero-order valence-corrected chi connectivity index (χ0v) is 10.2. The van der Waals surface area contributed by atoms with Crippen LogP contribution in [0.2, 0.25) is 0 Å². The molecular formula is C12H11FN6. The number of halogens is 1. The van der Waals surface area contributed by atoms with Crippen molar-refractivity contribution >= 4 is 16.9 Å². The first-order chi connectivity index (χ1) is 9.19. The first-order valence-corrected chi connectivity index (χ1v) is 5.81. The van der Waals surface area contributed by atoms with Crippen molar-refractivity contribution in [2.75, 3.05) is 5.73 Å². The average Bonchev–Trinajstić information content (AvgIpc) is 2.84. The Hall–Kier alpha value is -2.57. The van der Waals surface area contributed by atoms with E-state index in [4.69, 9.17) is 5.73 Å². The van der Waals surface area contributed by atoms with Gasteiger partial charge in [0.15, 0.2) is 5.65 Å². The molecule has 0 radical (unpaired) electrons. The van der Waals surface area contributed by atoms with E-state index < -0.39 is 5.95 Å². The van der Waals surface area contributed by atoms with Gasteiger partial charge < -0.3 is 5.73 Å². The largest absolute Gasteiger partial charge is 0.383 e. The highest BCUT2D eigenvalue weighted by Crippen LogP contribution is 2.20. The van der Waals surface area contributed by atoms with Crippen molar-refractivity contribution in [1.29, 1.82) is 0 Å². The maximum absolute atomic E-state index is 12.8. The fourth-order valence-electron chi connectivity index (χ4n) is 1.82. The molecule has 3 aromatic heterocycles. The highest BCUT2D eigenvalue weighted by molar-refractivity contribution is 5.86. The van der Waals surface area contributed by atoms with E-state index in [1.807, 2.05) is 6.92 Å². The fraction of sp³-hybridized carbons (Fsp3) is 0.167. The van der Waals surface area contributed by atoms with Crippen molar-refractivity contribution in [3.05, 3.63) is 36.3 Å². The third-order valence-electron chi connectivity index (χ3n) is 2.78. The van der Waals surface area contributed by atoms with Crippen LogP contribution in [0, 0.1) is 5.95 Å². The summed E-state index contributed by atoms with van der Waals surface area (Å²) >= 11 is 0. The van der Waals surface area contributed by atoms with E-state index in [0.29, 0.717) is 34.8 Å². The molecule has 0 unspecified atom stereocenters.